The maximum atomic E-state index is 13.6. The van der Waals surface area contributed by atoms with Crippen LogP contribution in [0.4, 0.5) is 0 Å². The number of halogens is 1. The zero-order chi connectivity index (χ0) is 21.4. The van der Waals surface area contributed by atoms with Gasteiger partial charge in [-0.1, -0.05) is 64.0 Å². The predicted octanol–water partition coefficient (Wildman–Crippen LogP) is 2.51. The van der Waals surface area contributed by atoms with Crippen molar-refractivity contribution in [1.29, 1.82) is 0 Å². The van der Waals surface area contributed by atoms with Crippen molar-refractivity contribution in [3.63, 3.8) is 0 Å². The molecular weight excluding hydrogens is 460 g/mol. The SMILES string of the molecule is COC(=O)C1(C(Br)c2ccccc2)NC(=O)C(C)N1S(=O)(=O)c1ccc(C)cc1. The highest BCUT2D eigenvalue weighted by molar-refractivity contribution is 9.09. The number of hydrogen-bond acceptors (Lipinski definition) is 5. The van der Waals surface area contributed by atoms with Crippen molar-refractivity contribution in [2.75, 3.05) is 7.11 Å². The lowest BCUT2D eigenvalue weighted by atomic mass is 10.00. The number of carbonyl (C=O) groups is 2. The largest absolute Gasteiger partial charge is 0.466 e. The Labute approximate surface area is 178 Å². The maximum Gasteiger partial charge on any atom is 0.349 e. The summed E-state index contributed by atoms with van der Waals surface area (Å²) in [5.41, 5.74) is -0.498. The van der Waals surface area contributed by atoms with Crippen LogP contribution in [0.2, 0.25) is 0 Å². The molecule has 1 fully saturated rings. The molecule has 1 aliphatic heterocycles. The molecule has 7 nitrogen and oxygen atoms in total. The quantitative estimate of drug-likeness (QED) is 0.524. The van der Waals surface area contributed by atoms with Gasteiger partial charge in [0.1, 0.15) is 6.04 Å². The van der Waals surface area contributed by atoms with E-state index in [1.54, 1.807) is 42.5 Å². The van der Waals surface area contributed by atoms with Gasteiger partial charge in [0, 0.05) is 0 Å². The van der Waals surface area contributed by atoms with Gasteiger partial charge in [-0.3, -0.25) is 4.79 Å². The lowest BCUT2D eigenvalue weighted by Gasteiger charge is -2.38. The average Bonchev–Trinajstić information content (AvgIpc) is 3.00. The summed E-state index contributed by atoms with van der Waals surface area (Å²) >= 11 is 3.46. The van der Waals surface area contributed by atoms with Gasteiger partial charge in [0.15, 0.2) is 0 Å². The highest BCUT2D eigenvalue weighted by Crippen LogP contribution is 2.44. The minimum atomic E-state index is -4.23. The molecule has 29 heavy (non-hydrogen) atoms. The molecule has 9 heteroatoms. The smallest absolute Gasteiger partial charge is 0.349 e. The molecule has 3 rings (SSSR count). The van der Waals surface area contributed by atoms with Crippen molar-refractivity contribution < 1.29 is 22.7 Å². The Kier molecular flexibility index (Phi) is 5.84. The monoisotopic (exact) mass is 480 g/mol. The van der Waals surface area contributed by atoms with Gasteiger partial charge in [0.05, 0.1) is 16.8 Å². The van der Waals surface area contributed by atoms with Crippen LogP contribution in [0, 0.1) is 6.92 Å². The van der Waals surface area contributed by atoms with Crippen LogP contribution in [-0.4, -0.2) is 43.4 Å². The van der Waals surface area contributed by atoms with E-state index in [0.717, 1.165) is 17.0 Å². The number of sulfonamides is 1. The van der Waals surface area contributed by atoms with Crippen LogP contribution in [-0.2, 0) is 24.3 Å². The lowest BCUT2D eigenvalue weighted by Crippen LogP contribution is -2.63. The van der Waals surface area contributed by atoms with Crippen LogP contribution in [0.1, 0.15) is 22.9 Å². The first-order valence-electron chi connectivity index (χ1n) is 8.87. The molecule has 0 radical (unpaired) electrons. The van der Waals surface area contributed by atoms with Crippen molar-refractivity contribution in [3.8, 4) is 0 Å². The summed E-state index contributed by atoms with van der Waals surface area (Å²) in [5.74, 6) is -1.48. The Balaban J connectivity index is 2.24. The van der Waals surface area contributed by atoms with Gasteiger partial charge in [0.2, 0.25) is 21.6 Å². The predicted molar refractivity (Wildman–Crippen MR) is 111 cm³/mol. The first-order chi connectivity index (χ1) is 13.7. The molecule has 3 unspecified atom stereocenters. The summed E-state index contributed by atoms with van der Waals surface area (Å²) in [5, 5.41) is 2.59. The second kappa shape index (κ2) is 7.89. The van der Waals surface area contributed by atoms with Crippen molar-refractivity contribution in [1.82, 2.24) is 9.62 Å². The Bertz CT molecular complexity index is 1030. The van der Waals surface area contributed by atoms with Crippen LogP contribution in [0.15, 0.2) is 59.5 Å². The second-order valence-electron chi connectivity index (χ2n) is 6.81. The number of aryl methyl sites for hydroxylation is 1. The van der Waals surface area contributed by atoms with Gasteiger partial charge in [-0.15, -0.1) is 4.31 Å². The first-order valence-corrected chi connectivity index (χ1v) is 11.2. The summed E-state index contributed by atoms with van der Waals surface area (Å²) in [7, 11) is -3.08. The summed E-state index contributed by atoms with van der Waals surface area (Å²) in [6.45, 7) is 3.28. The number of alkyl halides is 1. The fourth-order valence-electron chi connectivity index (χ4n) is 3.42. The van der Waals surface area contributed by atoms with Crippen LogP contribution >= 0.6 is 15.9 Å². The van der Waals surface area contributed by atoms with E-state index in [1.165, 1.54) is 19.1 Å². The lowest BCUT2D eigenvalue weighted by molar-refractivity contribution is -0.153. The molecule has 1 heterocycles. The van der Waals surface area contributed by atoms with Crippen LogP contribution in [0.3, 0.4) is 0 Å². The van der Waals surface area contributed by atoms with E-state index in [2.05, 4.69) is 21.2 Å². The highest BCUT2D eigenvalue weighted by atomic mass is 79.9. The summed E-state index contributed by atoms with van der Waals surface area (Å²) in [4.78, 5) is 24.7. The summed E-state index contributed by atoms with van der Waals surface area (Å²) < 4.78 is 33.0. The molecule has 1 amide bonds. The number of esters is 1. The van der Waals surface area contributed by atoms with E-state index in [1.807, 2.05) is 6.92 Å². The molecule has 1 aliphatic rings. The molecule has 2 aromatic carbocycles. The van der Waals surface area contributed by atoms with E-state index < -0.39 is 38.4 Å². The molecule has 0 aliphatic carbocycles. The van der Waals surface area contributed by atoms with Crippen molar-refractivity contribution in [2.45, 2.75) is 35.3 Å². The van der Waals surface area contributed by atoms with Crippen molar-refractivity contribution in [3.05, 3.63) is 65.7 Å². The van der Waals surface area contributed by atoms with Crippen LogP contribution in [0.25, 0.3) is 0 Å². The molecule has 0 aromatic heterocycles. The zero-order valence-corrected chi connectivity index (χ0v) is 18.5. The molecule has 1 N–H and O–H groups in total. The Morgan fingerprint density at radius 3 is 2.31 bits per heavy atom. The number of methoxy groups -OCH3 is 1. The Hall–Kier alpha value is -2.23. The third-order valence-electron chi connectivity index (χ3n) is 4.93. The van der Waals surface area contributed by atoms with Crippen LogP contribution < -0.4 is 5.32 Å². The fraction of sp³-hybridized carbons (Fsp3) is 0.300. The number of nitrogens with one attached hydrogen (secondary N) is 1. The number of nitrogens with zero attached hydrogens (tertiary/aromatic N) is 1. The minimum Gasteiger partial charge on any atom is -0.466 e. The minimum absolute atomic E-state index is 0.0208. The topological polar surface area (TPSA) is 92.8 Å². The van der Waals surface area contributed by atoms with E-state index in [-0.39, 0.29) is 4.90 Å². The molecular formula is C20H21BrN2O5S. The van der Waals surface area contributed by atoms with Gasteiger partial charge >= 0.3 is 5.97 Å². The van der Waals surface area contributed by atoms with Crippen molar-refractivity contribution >= 4 is 37.8 Å². The van der Waals surface area contributed by atoms with Gasteiger partial charge < -0.3 is 10.1 Å². The molecule has 1 saturated heterocycles. The Morgan fingerprint density at radius 1 is 1.17 bits per heavy atom. The van der Waals surface area contributed by atoms with Gasteiger partial charge in [-0.25, -0.2) is 13.2 Å². The first kappa shape index (κ1) is 21.5. The van der Waals surface area contributed by atoms with Gasteiger partial charge in [-0.2, -0.15) is 0 Å². The highest BCUT2D eigenvalue weighted by Gasteiger charge is 2.64. The van der Waals surface area contributed by atoms with E-state index >= 15 is 0 Å². The number of amides is 1. The van der Waals surface area contributed by atoms with E-state index in [0.29, 0.717) is 5.56 Å². The van der Waals surface area contributed by atoms with E-state index in [9.17, 15) is 18.0 Å². The number of rotatable bonds is 5. The number of hydrogen-bond donors (Lipinski definition) is 1. The van der Waals surface area contributed by atoms with Crippen LogP contribution in [0.5, 0.6) is 0 Å². The molecule has 0 bridgehead atoms. The number of benzene rings is 2. The standard InChI is InChI=1S/C20H21BrN2O5S/c1-13-9-11-16(12-10-13)29(26,27)23-14(2)18(24)22-20(23,19(25)28-3)17(21)15-7-5-4-6-8-15/h4-12,14,17H,1-3H3,(H,22,24). The third kappa shape index (κ3) is 3.47. The molecule has 0 saturated carbocycles. The third-order valence-corrected chi connectivity index (χ3v) is 8.11. The summed E-state index contributed by atoms with van der Waals surface area (Å²) in [6.07, 6.45) is 0. The van der Waals surface area contributed by atoms with Gasteiger partial charge in [0.25, 0.3) is 0 Å². The molecule has 2 aromatic rings. The average molecular weight is 481 g/mol. The number of ether oxygens (including phenoxy) is 1. The Morgan fingerprint density at radius 2 is 1.76 bits per heavy atom. The van der Waals surface area contributed by atoms with Gasteiger partial charge in [-0.05, 0) is 31.5 Å². The summed E-state index contributed by atoms with van der Waals surface area (Å²) in [6, 6.07) is 13.9. The normalized spacial score (nSPS) is 23.4. The molecule has 3 atom stereocenters. The fourth-order valence-corrected chi connectivity index (χ4v) is 6.21. The molecule has 0 spiro atoms. The van der Waals surface area contributed by atoms with E-state index in [4.69, 9.17) is 4.74 Å². The second-order valence-corrected chi connectivity index (χ2v) is 9.54. The molecule has 154 valence electrons. The van der Waals surface area contributed by atoms with Crippen molar-refractivity contribution in [2.24, 2.45) is 0 Å². The number of carbonyl (C=O) groups excluding carboxylic acids is 2. The zero-order valence-electron chi connectivity index (χ0n) is 16.1. The maximum absolute atomic E-state index is 13.6.